The van der Waals surface area contributed by atoms with E-state index in [1.165, 1.54) is 5.56 Å². The maximum absolute atomic E-state index is 4.47. The molecule has 2 nitrogen and oxygen atoms in total. The number of rotatable bonds is 4. The van der Waals surface area contributed by atoms with Crippen molar-refractivity contribution in [3.8, 4) is 0 Å². The van der Waals surface area contributed by atoms with Crippen LogP contribution in [0.5, 0.6) is 0 Å². The van der Waals surface area contributed by atoms with Gasteiger partial charge in [0, 0.05) is 19.3 Å². The summed E-state index contributed by atoms with van der Waals surface area (Å²) in [4.78, 5) is 6.72. The predicted molar refractivity (Wildman–Crippen MR) is 61.9 cm³/mol. The number of anilines is 1. The van der Waals surface area contributed by atoms with E-state index in [0.717, 1.165) is 18.9 Å². The molecule has 0 atom stereocenters. The van der Waals surface area contributed by atoms with Crippen LogP contribution in [0, 0.1) is 0 Å². The molecule has 0 spiro atoms. The van der Waals surface area contributed by atoms with Crippen molar-refractivity contribution in [1.82, 2.24) is 4.98 Å². The zero-order valence-corrected chi connectivity index (χ0v) is 9.62. The van der Waals surface area contributed by atoms with Crippen LogP contribution in [0.1, 0.15) is 39.2 Å². The second-order valence-corrected chi connectivity index (χ2v) is 3.78. The monoisotopic (exact) mass is 192 g/mol. The Labute approximate surface area is 87.0 Å². The standard InChI is InChI=1S/C12H20N2/c1-5-14(6-2)12-8-7-11(9-13-12)10(3)4/h7-10H,5-6H2,1-4H3. The number of hydrogen-bond donors (Lipinski definition) is 0. The average molecular weight is 192 g/mol. The molecular formula is C12H20N2. The van der Waals surface area contributed by atoms with Crippen molar-refractivity contribution in [3.63, 3.8) is 0 Å². The van der Waals surface area contributed by atoms with Gasteiger partial charge in [-0.15, -0.1) is 0 Å². The van der Waals surface area contributed by atoms with E-state index < -0.39 is 0 Å². The summed E-state index contributed by atoms with van der Waals surface area (Å²) >= 11 is 0. The van der Waals surface area contributed by atoms with Crippen molar-refractivity contribution < 1.29 is 0 Å². The lowest BCUT2D eigenvalue weighted by Crippen LogP contribution is -2.22. The molecule has 0 unspecified atom stereocenters. The smallest absolute Gasteiger partial charge is 0.128 e. The van der Waals surface area contributed by atoms with Gasteiger partial charge < -0.3 is 4.90 Å². The van der Waals surface area contributed by atoms with Crippen LogP contribution in [0.3, 0.4) is 0 Å². The van der Waals surface area contributed by atoms with Gasteiger partial charge >= 0.3 is 0 Å². The summed E-state index contributed by atoms with van der Waals surface area (Å²) in [5.41, 5.74) is 1.31. The average Bonchev–Trinajstić information content (AvgIpc) is 2.20. The fraction of sp³-hybridized carbons (Fsp3) is 0.583. The normalized spacial score (nSPS) is 10.6. The summed E-state index contributed by atoms with van der Waals surface area (Å²) < 4.78 is 0. The minimum atomic E-state index is 0.563. The molecule has 0 aliphatic rings. The molecule has 0 aromatic carbocycles. The van der Waals surface area contributed by atoms with Crippen LogP contribution in [0.15, 0.2) is 18.3 Å². The lowest BCUT2D eigenvalue weighted by atomic mass is 10.1. The number of hydrogen-bond acceptors (Lipinski definition) is 2. The highest BCUT2D eigenvalue weighted by Gasteiger charge is 2.04. The second-order valence-electron chi connectivity index (χ2n) is 3.78. The van der Waals surface area contributed by atoms with Crippen LogP contribution in [0.25, 0.3) is 0 Å². The van der Waals surface area contributed by atoms with Crippen molar-refractivity contribution in [2.24, 2.45) is 0 Å². The third-order valence-corrected chi connectivity index (χ3v) is 2.52. The zero-order valence-electron chi connectivity index (χ0n) is 9.62. The Hall–Kier alpha value is -1.05. The van der Waals surface area contributed by atoms with Crippen LogP contribution in [0.4, 0.5) is 5.82 Å². The minimum absolute atomic E-state index is 0.563. The second kappa shape index (κ2) is 4.99. The Balaban J connectivity index is 2.81. The van der Waals surface area contributed by atoms with Gasteiger partial charge in [0.1, 0.15) is 5.82 Å². The van der Waals surface area contributed by atoms with Crippen LogP contribution in [0.2, 0.25) is 0 Å². The highest BCUT2D eigenvalue weighted by molar-refractivity contribution is 5.39. The van der Waals surface area contributed by atoms with Crippen molar-refractivity contribution in [3.05, 3.63) is 23.9 Å². The van der Waals surface area contributed by atoms with E-state index in [1.54, 1.807) is 0 Å². The van der Waals surface area contributed by atoms with E-state index in [1.807, 2.05) is 6.20 Å². The molecule has 0 aliphatic carbocycles. The topological polar surface area (TPSA) is 16.1 Å². The van der Waals surface area contributed by atoms with Gasteiger partial charge in [-0.2, -0.15) is 0 Å². The van der Waals surface area contributed by atoms with Crippen LogP contribution >= 0.6 is 0 Å². The van der Waals surface area contributed by atoms with E-state index in [4.69, 9.17) is 0 Å². The Kier molecular flexibility index (Phi) is 3.93. The van der Waals surface area contributed by atoms with Gasteiger partial charge in [-0.1, -0.05) is 19.9 Å². The Morgan fingerprint density at radius 3 is 2.21 bits per heavy atom. The van der Waals surface area contributed by atoms with Crippen molar-refractivity contribution >= 4 is 5.82 Å². The number of nitrogens with zero attached hydrogens (tertiary/aromatic N) is 2. The summed E-state index contributed by atoms with van der Waals surface area (Å²) in [5.74, 6) is 1.65. The Morgan fingerprint density at radius 1 is 1.21 bits per heavy atom. The molecule has 1 aromatic rings. The lowest BCUT2D eigenvalue weighted by molar-refractivity contribution is 0.828. The number of pyridine rings is 1. The van der Waals surface area contributed by atoms with E-state index in [9.17, 15) is 0 Å². The van der Waals surface area contributed by atoms with Gasteiger partial charge in [0.05, 0.1) is 0 Å². The molecule has 0 amide bonds. The minimum Gasteiger partial charge on any atom is -0.357 e. The van der Waals surface area contributed by atoms with Gasteiger partial charge in [0.15, 0.2) is 0 Å². The van der Waals surface area contributed by atoms with Crippen LogP contribution in [-0.4, -0.2) is 18.1 Å². The van der Waals surface area contributed by atoms with Gasteiger partial charge in [0.2, 0.25) is 0 Å². The molecule has 0 bridgehead atoms. The molecule has 14 heavy (non-hydrogen) atoms. The van der Waals surface area contributed by atoms with Crippen LogP contribution < -0.4 is 4.90 Å². The molecule has 0 saturated heterocycles. The lowest BCUT2D eigenvalue weighted by Gasteiger charge is -2.19. The number of aromatic nitrogens is 1. The molecule has 0 radical (unpaired) electrons. The summed E-state index contributed by atoms with van der Waals surface area (Å²) in [5, 5.41) is 0. The van der Waals surface area contributed by atoms with E-state index in [-0.39, 0.29) is 0 Å². The fourth-order valence-corrected chi connectivity index (χ4v) is 1.47. The molecule has 0 aliphatic heterocycles. The molecule has 1 heterocycles. The van der Waals surface area contributed by atoms with Gasteiger partial charge in [-0.05, 0) is 31.4 Å². The first-order valence-electron chi connectivity index (χ1n) is 5.39. The summed E-state index contributed by atoms with van der Waals surface area (Å²) in [6, 6.07) is 4.29. The van der Waals surface area contributed by atoms with Crippen LogP contribution in [-0.2, 0) is 0 Å². The molecule has 0 fully saturated rings. The Bertz CT molecular complexity index is 260. The fourth-order valence-electron chi connectivity index (χ4n) is 1.47. The Morgan fingerprint density at radius 2 is 1.86 bits per heavy atom. The molecule has 1 rings (SSSR count). The largest absolute Gasteiger partial charge is 0.357 e. The first-order chi connectivity index (χ1) is 6.69. The van der Waals surface area contributed by atoms with Crippen molar-refractivity contribution in [1.29, 1.82) is 0 Å². The first kappa shape index (κ1) is 11.0. The van der Waals surface area contributed by atoms with E-state index in [2.05, 4.69) is 49.7 Å². The summed E-state index contributed by atoms with van der Waals surface area (Å²) in [6.07, 6.45) is 1.98. The highest BCUT2D eigenvalue weighted by atomic mass is 15.2. The molecule has 0 saturated carbocycles. The van der Waals surface area contributed by atoms with Gasteiger partial charge in [-0.25, -0.2) is 4.98 Å². The molecule has 2 heteroatoms. The van der Waals surface area contributed by atoms with Gasteiger partial charge in [0.25, 0.3) is 0 Å². The summed E-state index contributed by atoms with van der Waals surface area (Å²) in [6.45, 7) is 10.7. The third kappa shape index (κ3) is 2.47. The third-order valence-electron chi connectivity index (χ3n) is 2.52. The van der Waals surface area contributed by atoms with Crippen molar-refractivity contribution in [2.45, 2.75) is 33.6 Å². The summed E-state index contributed by atoms with van der Waals surface area (Å²) in [7, 11) is 0. The van der Waals surface area contributed by atoms with Gasteiger partial charge in [-0.3, -0.25) is 0 Å². The van der Waals surface area contributed by atoms with E-state index in [0.29, 0.717) is 5.92 Å². The molecular weight excluding hydrogens is 172 g/mol. The maximum Gasteiger partial charge on any atom is 0.128 e. The molecule has 0 N–H and O–H groups in total. The zero-order chi connectivity index (χ0) is 10.6. The quantitative estimate of drug-likeness (QED) is 0.729. The molecule has 78 valence electrons. The maximum atomic E-state index is 4.47. The predicted octanol–water partition coefficient (Wildman–Crippen LogP) is 3.05. The van der Waals surface area contributed by atoms with E-state index >= 15 is 0 Å². The molecule has 1 aromatic heterocycles. The first-order valence-corrected chi connectivity index (χ1v) is 5.39. The van der Waals surface area contributed by atoms with Crippen molar-refractivity contribution in [2.75, 3.05) is 18.0 Å². The SMILES string of the molecule is CCN(CC)c1ccc(C(C)C)cn1. The highest BCUT2D eigenvalue weighted by Crippen LogP contribution is 2.16.